The molecular formula is C22H19BrClFN4O. The lowest BCUT2D eigenvalue weighted by atomic mass is 9.95. The molecule has 0 radical (unpaired) electrons. The van der Waals surface area contributed by atoms with Gasteiger partial charge < -0.3 is 10.2 Å². The first-order chi connectivity index (χ1) is 14.5. The smallest absolute Gasteiger partial charge is 0.227 e. The summed E-state index contributed by atoms with van der Waals surface area (Å²) >= 11 is 9.14. The van der Waals surface area contributed by atoms with Crippen molar-refractivity contribution in [2.75, 3.05) is 23.3 Å². The standard InChI is InChI=1S/C22H19BrClFN4O/c23-16-3-6-20(18(25)13-16)26-22(30)15-9-11-29(12-10-15)21-8-7-19(27-28-21)14-1-4-17(24)5-2-14/h1-8,13,15H,9-12H2,(H,26,30). The molecule has 1 fully saturated rings. The number of anilines is 2. The molecule has 0 saturated carbocycles. The van der Waals surface area contributed by atoms with Crippen molar-refractivity contribution in [3.63, 3.8) is 0 Å². The summed E-state index contributed by atoms with van der Waals surface area (Å²) in [5.41, 5.74) is 1.93. The van der Waals surface area contributed by atoms with Crippen molar-refractivity contribution in [1.82, 2.24) is 10.2 Å². The number of amides is 1. The van der Waals surface area contributed by atoms with Gasteiger partial charge in [-0.3, -0.25) is 4.79 Å². The minimum Gasteiger partial charge on any atom is -0.355 e. The van der Waals surface area contributed by atoms with Crippen LogP contribution in [0.1, 0.15) is 12.8 Å². The molecule has 4 rings (SSSR count). The van der Waals surface area contributed by atoms with Crippen molar-refractivity contribution in [3.05, 3.63) is 69.9 Å². The zero-order chi connectivity index (χ0) is 21.1. The number of piperidine rings is 1. The van der Waals surface area contributed by atoms with Crippen molar-refractivity contribution in [3.8, 4) is 11.3 Å². The molecule has 0 aliphatic carbocycles. The fraction of sp³-hybridized carbons (Fsp3) is 0.227. The Kier molecular flexibility index (Phi) is 6.29. The van der Waals surface area contributed by atoms with Gasteiger partial charge in [0.25, 0.3) is 0 Å². The van der Waals surface area contributed by atoms with Crippen LogP contribution < -0.4 is 10.2 Å². The number of halogens is 3. The van der Waals surface area contributed by atoms with Gasteiger partial charge in [-0.05, 0) is 55.3 Å². The van der Waals surface area contributed by atoms with E-state index in [1.807, 2.05) is 36.4 Å². The highest BCUT2D eigenvalue weighted by molar-refractivity contribution is 9.10. The molecule has 154 valence electrons. The van der Waals surface area contributed by atoms with E-state index in [0.29, 0.717) is 35.4 Å². The second kappa shape index (κ2) is 9.10. The van der Waals surface area contributed by atoms with E-state index in [1.165, 1.54) is 6.07 Å². The third kappa shape index (κ3) is 4.79. The maximum Gasteiger partial charge on any atom is 0.227 e. The van der Waals surface area contributed by atoms with E-state index in [1.54, 1.807) is 12.1 Å². The lowest BCUT2D eigenvalue weighted by molar-refractivity contribution is -0.120. The topological polar surface area (TPSA) is 58.1 Å². The van der Waals surface area contributed by atoms with Gasteiger partial charge in [0.2, 0.25) is 5.91 Å². The van der Waals surface area contributed by atoms with E-state index in [4.69, 9.17) is 11.6 Å². The highest BCUT2D eigenvalue weighted by Crippen LogP contribution is 2.26. The predicted molar refractivity (Wildman–Crippen MR) is 120 cm³/mol. The minimum absolute atomic E-state index is 0.153. The van der Waals surface area contributed by atoms with Gasteiger partial charge in [-0.1, -0.05) is 39.7 Å². The summed E-state index contributed by atoms with van der Waals surface area (Å²) in [6.45, 7) is 1.38. The van der Waals surface area contributed by atoms with Gasteiger partial charge in [-0.2, -0.15) is 0 Å². The molecule has 2 heterocycles. The van der Waals surface area contributed by atoms with Gasteiger partial charge in [-0.15, -0.1) is 10.2 Å². The molecule has 0 bridgehead atoms. The number of hydrogen-bond acceptors (Lipinski definition) is 4. The molecule has 1 saturated heterocycles. The maximum atomic E-state index is 14.0. The van der Waals surface area contributed by atoms with Gasteiger partial charge in [0.15, 0.2) is 5.82 Å². The van der Waals surface area contributed by atoms with E-state index in [2.05, 4.69) is 36.3 Å². The Labute approximate surface area is 187 Å². The second-order valence-electron chi connectivity index (χ2n) is 7.16. The molecule has 1 aliphatic heterocycles. The van der Waals surface area contributed by atoms with Crippen LogP contribution in [0, 0.1) is 11.7 Å². The van der Waals surface area contributed by atoms with Crippen LogP contribution in [-0.2, 0) is 4.79 Å². The number of carbonyl (C=O) groups is 1. The van der Waals surface area contributed by atoms with Crippen molar-refractivity contribution in [2.24, 2.45) is 5.92 Å². The zero-order valence-corrected chi connectivity index (χ0v) is 18.3. The number of rotatable bonds is 4. The maximum absolute atomic E-state index is 14.0. The molecule has 0 atom stereocenters. The minimum atomic E-state index is -0.453. The fourth-order valence-electron chi connectivity index (χ4n) is 3.46. The Hall–Kier alpha value is -2.51. The van der Waals surface area contributed by atoms with Crippen LogP contribution in [-0.4, -0.2) is 29.2 Å². The average Bonchev–Trinajstić information content (AvgIpc) is 2.76. The molecule has 2 aromatic carbocycles. The van der Waals surface area contributed by atoms with E-state index in [0.717, 1.165) is 17.1 Å². The first-order valence-corrected chi connectivity index (χ1v) is 10.8. The van der Waals surface area contributed by atoms with Gasteiger partial charge >= 0.3 is 0 Å². The predicted octanol–water partition coefficient (Wildman–Crippen LogP) is 5.55. The number of nitrogens with zero attached hydrogens (tertiary/aromatic N) is 3. The van der Waals surface area contributed by atoms with Gasteiger partial charge in [0.05, 0.1) is 11.4 Å². The van der Waals surface area contributed by atoms with E-state index in [9.17, 15) is 9.18 Å². The Morgan fingerprint density at radius 3 is 2.43 bits per heavy atom. The molecule has 1 aliphatic rings. The monoisotopic (exact) mass is 488 g/mol. The van der Waals surface area contributed by atoms with Crippen molar-refractivity contribution >= 4 is 44.9 Å². The summed E-state index contributed by atoms with van der Waals surface area (Å²) in [7, 11) is 0. The Morgan fingerprint density at radius 1 is 1.07 bits per heavy atom. The van der Waals surface area contributed by atoms with E-state index < -0.39 is 5.82 Å². The third-order valence-corrected chi connectivity index (χ3v) is 5.91. The summed E-state index contributed by atoms with van der Waals surface area (Å²) in [4.78, 5) is 14.6. The van der Waals surface area contributed by atoms with Crippen LogP contribution in [0.25, 0.3) is 11.3 Å². The Morgan fingerprint density at radius 2 is 1.80 bits per heavy atom. The lowest BCUT2D eigenvalue weighted by Crippen LogP contribution is -2.38. The first kappa shape index (κ1) is 20.8. The molecule has 1 N–H and O–H groups in total. The van der Waals surface area contributed by atoms with Crippen LogP contribution >= 0.6 is 27.5 Å². The van der Waals surface area contributed by atoms with Gasteiger partial charge in [-0.25, -0.2) is 4.39 Å². The van der Waals surface area contributed by atoms with Crippen LogP contribution in [0.15, 0.2) is 59.1 Å². The average molecular weight is 490 g/mol. The summed E-state index contributed by atoms with van der Waals surface area (Å²) in [6, 6.07) is 15.9. The van der Waals surface area contributed by atoms with Crippen LogP contribution in [0.2, 0.25) is 5.02 Å². The van der Waals surface area contributed by atoms with Crippen LogP contribution in [0.5, 0.6) is 0 Å². The lowest BCUT2D eigenvalue weighted by Gasteiger charge is -2.31. The van der Waals surface area contributed by atoms with Crippen LogP contribution in [0.3, 0.4) is 0 Å². The highest BCUT2D eigenvalue weighted by Gasteiger charge is 2.26. The van der Waals surface area contributed by atoms with E-state index in [-0.39, 0.29) is 17.5 Å². The third-order valence-electron chi connectivity index (χ3n) is 5.17. The number of nitrogens with one attached hydrogen (secondary N) is 1. The molecule has 8 heteroatoms. The highest BCUT2D eigenvalue weighted by atomic mass is 79.9. The van der Waals surface area contributed by atoms with Crippen molar-refractivity contribution in [1.29, 1.82) is 0 Å². The first-order valence-electron chi connectivity index (χ1n) is 9.60. The molecule has 3 aromatic rings. The number of carbonyl (C=O) groups excluding carboxylic acids is 1. The molecular weight excluding hydrogens is 471 g/mol. The number of aromatic nitrogens is 2. The van der Waals surface area contributed by atoms with E-state index >= 15 is 0 Å². The molecule has 5 nitrogen and oxygen atoms in total. The van der Waals surface area contributed by atoms with Crippen LogP contribution in [0.4, 0.5) is 15.9 Å². The second-order valence-corrected chi connectivity index (χ2v) is 8.51. The SMILES string of the molecule is O=C(Nc1ccc(Br)cc1F)C1CCN(c2ccc(-c3ccc(Cl)cc3)nn2)CC1. The molecule has 0 spiro atoms. The largest absolute Gasteiger partial charge is 0.355 e. The molecule has 1 aromatic heterocycles. The summed E-state index contributed by atoms with van der Waals surface area (Å²) in [6.07, 6.45) is 1.34. The normalized spacial score (nSPS) is 14.6. The van der Waals surface area contributed by atoms with Crippen molar-refractivity contribution in [2.45, 2.75) is 12.8 Å². The number of benzene rings is 2. The van der Waals surface area contributed by atoms with Gasteiger partial charge in [0, 0.05) is 34.1 Å². The quantitative estimate of drug-likeness (QED) is 0.522. The Balaban J connectivity index is 1.34. The Bertz CT molecular complexity index is 1040. The summed E-state index contributed by atoms with van der Waals surface area (Å²) in [5.74, 6) is 0.0161. The van der Waals surface area contributed by atoms with Gasteiger partial charge in [0.1, 0.15) is 5.82 Å². The fourth-order valence-corrected chi connectivity index (χ4v) is 3.92. The summed E-state index contributed by atoms with van der Waals surface area (Å²) in [5, 5.41) is 12.0. The zero-order valence-electron chi connectivity index (χ0n) is 16.0. The molecule has 1 amide bonds. The molecule has 30 heavy (non-hydrogen) atoms. The molecule has 0 unspecified atom stereocenters. The number of hydrogen-bond donors (Lipinski definition) is 1. The summed E-state index contributed by atoms with van der Waals surface area (Å²) < 4.78 is 14.6. The van der Waals surface area contributed by atoms with Crippen molar-refractivity contribution < 1.29 is 9.18 Å².